The van der Waals surface area contributed by atoms with E-state index >= 15 is 0 Å². The van der Waals surface area contributed by atoms with Gasteiger partial charge in [-0.05, 0) is 68.7 Å². The van der Waals surface area contributed by atoms with Crippen LogP contribution in [0.15, 0.2) is 53.0 Å². The zero-order valence-electron chi connectivity index (χ0n) is 23.7. The first kappa shape index (κ1) is 32.0. The molecule has 0 radical (unpaired) electrons. The largest absolute Gasteiger partial charge is 0.467 e. The number of nitrogens with one attached hydrogen (secondary N) is 2. The van der Waals surface area contributed by atoms with Crippen molar-refractivity contribution < 1.29 is 28.7 Å². The summed E-state index contributed by atoms with van der Waals surface area (Å²) in [5.41, 5.74) is 1.87. The first-order valence-electron chi connectivity index (χ1n) is 13.4. The average Bonchev–Trinajstić information content (AvgIpc) is 3.44. The minimum atomic E-state index is -0.676. The number of fused-ring (bicyclic) bond motifs is 1. The van der Waals surface area contributed by atoms with Gasteiger partial charge in [0.2, 0.25) is 5.91 Å². The Morgan fingerprint density at radius 1 is 1.18 bits per heavy atom. The Morgan fingerprint density at radius 3 is 2.62 bits per heavy atom. The van der Waals surface area contributed by atoms with Crippen LogP contribution in [-0.2, 0) is 23.9 Å². The normalized spacial score (nSPS) is 14.3. The van der Waals surface area contributed by atoms with Crippen LogP contribution in [0.3, 0.4) is 0 Å². The van der Waals surface area contributed by atoms with Gasteiger partial charge < -0.3 is 24.7 Å². The topological polar surface area (TPSA) is 135 Å². The standard InChI is InChI=1S/C23H27N3O6.C7H12O/c1-31-22(29)19-7-5-12-26(19)20(27)15-25-23(30)32-13-4-2-3-6-16-8-9-17-10-11-24-21(28)18(17)14-16;1-4-7(8)5-6(2)3/h3,6,8-11,14,19H,2,4-5,7,12-13,15H2,1H3,(H,24,28)(H,25,30);5H,4H2,1-3H3/b6-3+;. The van der Waals surface area contributed by atoms with E-state index in [1.165, 1.54) is 12.0 Å². The molecule has 0 bridgehead atoms. The summed E-state index contributed by atoms with van der Waals surface area (Å²) in [5, 5.41) is 3.94. The van der Waals surface area contributed by atoms with Gasteiger partial charge in [0.1, 0.15) is 12.6 Å². The van der Waals surface area contributed by atoms with Gasteiger partial charge in [-0.15, -0.1) is 0 Å². The third-order valence-electron chi connectivity index (χ3n) is 6.09. The number of rotatable bonds is 10. The zero-order chi connectivity index (χ0) is 29.5. The molecule has 216 valence electrons. The van der Waals surface area contributed by atoms with Crippen LogP contribution in [0, 0.1) is 0 Å². The molecule has 1 aromatic heterocycles. The van der Waals surface area contributed by atoms with Crippen molar-refractivity contribution in [2.75, 3.05) is 26.8 Å². The van der Waals surface area contributed by atoms with Crippen molar-refractivity contribution in [1.82, 2.24) is 15.2 Å². The number of unbranched alkanes of at least 4 members (excludes halogenated alkanes) is 1. The van der Waals surface area contributed by atoms with Crippen molar-refractivity contribution >= 4 is 40.6 Å². The van der Waals surface area contributed by atoms with E-state index in [1.807, 2.05) is 57.2 Å². The molecule has 2 N–H and O–H groups in total. The average molecular weight is 554 g/mol. The van der Waals surface area contributed by atoms with Gasteiger partial charge in [0.05, 0.1) is 13.7 Å². The zero-order valence-corrected chi connectivity index (χ0v) is 23.7. The highest BCUT2D eigenvalue weighted by Gasteiger charge is 2.34. The molecule has 3 rings (SSSR count). The summed E-state index contributed by atoms with van der Waals surface area (Å²) >= 11 is 0. The lowest BCUT2D eigenvalue weighted by Crippen LogP contribution is -2.46. The Bertz CT molecular complexity index is 1290. The van der Waals surface area contributed by atoms with E-state index in [0.717, 1.165) is 22.9 Å². The number of aromatic nitrogens is 1. The van der Waals surface area contributed by atoms with Crippen molar-refractivity contribution in [3.8, 4) is 0 Å². The van der Waals surface area contributed by atoms with Crippen molar-refractivity contribution in [1.29, 1.82) is 0 Å². The van der Waals surface area contributed by atoms with E-state index in [9.17, 15) is 24.0 Å². The monoisotopic (exact) mass is 553 g/mol. The second kappa shape index (κ2) is 16.7. The second-order valence-electron chi connectivity index (χ2n) is 9.50. The minimum Gasteiger partial charge on any atom is -0.467 e. The van der Waals surface area contributed by atoms with Crippen LogP contribution in [0.1, 0.15) is 58.4 Å². The number of carbonyl (C=O) groups is 4. The van der Waals surface area contributed by atoms with Crippen molar-refractivity contribution in [2.45, 2.75) is 58.9 Å². The smallest absolute Gasteiger partial charge is 0.407 e. The molecule has 1 aromatic carbocycles. The van der Waals surface area contributed by atoms with Gasteiger partial charge in [-0.3, -0.25) is 14.4 Å². The van der Waals surface area contributed by atoms with Crippen molar-refractivity contribution in [3.63, 3.8) is 0 Å². The Labute approximate surface area is 234 Å². The van der Waals surface area contributed by atoms with Crippen LogP contribution in [0.25, 0.3) is 16.8 Å². The summed E-state index contributed by atoms with van der Waals surface area (Å²) in [6.07, 6.45) is 9.67. The molecular formula is C30H39N3O7. The highest BCUT2D eigenvalue weighted by atomic mass is 16.5. The predicted molar refractivity (Wildman–Crippen MR) is 154 cm³/mol. The fraction of sp³-hybridized carbons (Fsp3) is 0.433. The lowest BCUT2D eigenvalue weighted by Gasteiger charge is -2.22. The number of hydrogen-bond acceptors (Lipinski definition) is 7. The number of esters is 1. The number of carbonyl (C=O) groups excluding carboxylic acids is 4. The molecule has 10 heteroatoms. The number of pyridine rings is 1. The molecule has 0 saturated carbocycles. The third-order valence-corrected chi connectivity index (χ3v) is 6.09. The van der Waals surface area contributed by atoms with Crippen LogP contribution in [0.5, 0.6) is 0 Å². The maximum atomic E-state index is 12.3. The number of H-pyrrole nitrogens is 1. The number of allylic oxidation sites excluding steroid dienone is 3. The fourth-order valence-corrected chi connectivity index (χ4v) is 4.06. The number of benzene rings is 1. The Balaban J connectivity index is 0.000000611. The maximum absolute atomic E-state index is 12.3. The number of aromatic amines is 1. The molecule has 1 saturated heterocycles. The number of hydrogen-bond donors (Lipinski definition) is 2. The summed E-state index contributed by atoms with van der Waals surface area (Å²) in [6, 6.07) is 6.93. The van der Waals surface area contributed by atoms with Crippen LogP contribution in [0.2, 0.25) is 0 Å². The number of likely N-dealkylation sites (tertiary alicyclic amines) is 1. The molecule has 10 nitrogen and oxygen atoms in total. The van der Waals surface area contributed by atoms with E-state index in [2.05, 4.69) is 10.3 Å². The highest BCUT2D eigenvalue weighted by Crippen LogP contribution is 2.18. The molecule has 0 aliphatic carbocycles. The number of methoxy groups -OCH3 is 1. The summed E-state index contributed by atoms with van der Waals surface area (Å²) in [4.78, 5) is 62.3. The minimum absolute atomic E-state index is 0.124. The molecule has 2 heterocycles. The lowest BCUT2D eigenvalue weighted by atomic mass is 10.1. The van der Waals surface area contributed by atoms with Crippen LogP contribution < -0.4 is 10.9 Å². The number of ether oxygens (including phenoxy) is 2. The van der Waals surface area contributed by atoms with Gasteiger partial charge in [0.15, 0.2) is 5.78 Å². The number of amides is 2. The molecule has 2 aromatic rings. The van der Waals surface area contributed by atoms with Gasteiger partial charge in [-0.25, -0.2) is 9.59 Å². The number of ketones is 1. The van der Waals surface area contributed by atoms with Crippen LogP contribution in [0.4, 0.5) is 4.79 Å². The molecule has 1 fully saturated rings. The second-order valence-corrected chi connectivity index (χ2v) is 9.50. The molecular weight excluding hydrogens is 514 g/mol. The molecule has 40 heavy (non-hydrogen) atoms. The van der Waals surface area contributed by atoms with Crippen molar-refractivity contribution in [2.24, 2.45) is 0 Å². The van der Waals surface area contributed by atoms with Gasteiger partial charge in [0, 0.05) is 24.5 Å². The van der Waals surface area contributed by atoms with E-state index in [1.54, 1.807) is 12.3 Å². The Hall–Kier alpha value is -4.21. The van der Waals surface area contributed by atoms with Crippen LogP contribution in [-0.4, -0.2) is 66.5 Å². The highest BCUT2D eigenvalue weighted by molar-refractivity contribution is 5.90. The van der Waals surface area contributed by atoms with E-state index < -0.39 is 18.1 Å². The maximum Gasteiger partial charge on any atom is 0.407 e. The summed E-state index contributed by atoms with van der Waals surface area (Å²) in [7, 11) is 1.29. The van der Waals surface area contributed by atoms with Gasteiger partial charge in [-0.1, -0.05) is 36.8 Å². The first-order chi connectivity index (χ1) is 19.2. The first-order valence-corrected chi connectivity index (χ1v) is 13.4. The molecule has 1 aliphatic rings. The van der Waals surface area contributed by atoms with Gasteiger partial charge in [-0.2, -0.15) is 0 Å². The lowest BCUT2D eigenvalue weighted by molar-refractivity contribution is -0.150. The molecule has 1 unspecified atom stereocenters. The van der Waals surface area contributed by atoms with Gasteiger partial charge in [0.25, 0.3) is 5.56 Å². The number of alkyl carbamates (subject to hydrolysis) is 1. The van der Waals surface area contributed by atoms with E-state index in [-0.39, 0.29) is 30.4 Å². The third kappa shape index (κ3) is 10.5. The van der Waals surface area contributed by atoms with E-state index in [0.29, 0.717) is 37.6 Å². The number of nitrogens with zero attached hydrogens (tertiary/aromatic N) is 1. The van der Waals surface area contributed by atoms with Gasteiger partial charge >= 0.3 is 12.1 Å². The Morgan fingerprint density at radius 2 is 1.95 bits per heavy atom. The SMILES string of the molecule is CCC(=O)C=C(C)C.COC(=O)C1CCCN1C(=O)CNC(=O)OCCC/C=C/c1ccc2cc[nH]c(=O)c2c1. The summed E-state index contributed by atoms with van der Waals surface area (Å²) < 4.78 is 9.80. The van der Waals surface area contributed by atoms with Crippen LogP contribution >= 0.6 is 0 Å². The predicted octanol–water partition coefficient (Wildman–Crippen LogP) is 4.14. The van der Waals surface area contributed by atoms with Crippen molar-refractivity contribution in [3.05, 3.63) is 64.1 Å². The summed E-state index contributed by atoms with van der Waals surface area (Å²) in [6.45, 7) is 6.15. The molecule has 1 aliphatic heterocycles. The quantitative estimate of drug-likeness (QED) is 0.256. The summed E-state index contributed by atoms with van der Waals surface area (Å²) in [5.74, 6) is -0.570. The molecule has 0 spiro atoms. The molecule has 2 amide bonds. The van der Waals surface area contributed by atoms with E-state index in [4.69, 9.17) is 9.47 Å². The fourth-order valence-electron chi connectivity index (χ4n) is 4.06. The Kier molecular flexibility index (Phi) is 13.4. The molecule has 1 atom stereocenters.